The van der Waals surface area contributed by atoms with Crippen molar-refractivity contribution in [2.45, 2.75) is 44.2 Å². The molecule has 0 bridgehead atoms. The van der Waals surface area contributed by atoms with Crippen molar-refractivity contribution in [1.29, 1.82) is 0 Å². The minimum atomic E-state index is -3.51. The van der Waals surface area contributed by atoms with Crippen LogP contribution in [0.5, 0.6) is 0 Å². The molecule has 6 heteroatoms. The molecule has 1 saturated heterocycles. The van der Waals surface area contributed by atoms with Crippen molar-refractivity contribution in [3.63, 3.8) is 0 Å². The molecule has 0 atom stereocenters. The predicted octanol–water partition coefficient (Wildman–Crippen LogP) is 1.22. The van der Waals surface area contributed by atoms with E-state index in [-0.39, 0.29) is 6.04 Å². The largest absolute Gasteiger partial charge is 0.381 e. The van der Waals surface area contributed by atoms with Crippen LogP contribution < -0.4 is 10.5 Å². The van der Waals surface area contributed by atoms with Gasteiger partial charge in [-0.15, -0.1) is 0 Å². The number of nitrogens with one attached hydrogen (secondary N) is 1. The first kappa shape index (κ1) is 15.4. The van der Waals surface area contributed by atoms with E-state index in [1.807, 2.05) is 19.9 Å². The molecule has 1 aliphatic rings. The van der Waals surface area contributed by atoms with E-state index in [0.717, 1.165) is 16.7 Å². The smallest absolute Gasteiger partial charge is 0.241 e. The second-order valence-electron chi connectivity index (χ2n) is 5.25. The number of sulfonamides is 1. The summed E-state index contributed by atoms with van der Waals surface area (Å²) >= 11 is 0. The average Bonchev–Trinajstić information content (AvgIpc) is 2.42. The third-order valence-corrected chi connectivity index (χ3v) is 5.39. The highest BCUT2D eigenvalue weighted by atomic mass is 32.2. The molecule has 0 aromatic heterocycles. The molecule has 0 spiro atoms. The normalized spacial score (nSPS) is 17.4. The summed E-state index contributed by atoms with van der Waals surface area (Å²) in [7, 11) is -3.51. The first-order valence-electron chi connectivity index (χ1n) is 6.84. The summed E-state index contributed by atoms with van der Waals surface area (Å²) in [6, 6.07) is 3.56. The van der Waals surface area contributed by atoms with Crippen molar-refractivity contribution in [2.24, 2.45) is 5.73 Å². The van der Waals surface area contributed by atoms with Gasteiger partial charge in [0.1, 0.15) is 0 Å². The number of benzene rings is 1. The predicted molar refractivity (Wildman–Crippen MR) is 78.0 cm³/mol. The van der Waals surface area contributed by atoms with Crippen LogP contribution in [0, 0.1) is 13.8 Å². The molecule has 1 aliphatic heterocycles. The van der Waals surface area contributed by atoms with Gasteiger partial charge < -0.3 is 10.5 Å². The van der Waals surface area contributed by atoms with Gasteiger partial charge in [0.05, 0.1) is 4.90 Å². The zero-order valence-corrected chi connectivity index (χ0v) is 12.8. The Labute approximate surface area is 120 Å². The van der Waals surface area contributed by atoms with Crippen molar-refractivity contribution in [1.82, 2.24) is 4.72 Å². The lowest BCUT2D eigenvalue weighted by molar-refractivity contribution is 0.0832. The van der Waals surface area contributed by atoms with Gasteiger partial charge in [-0.2, -0.15) is 0 Å². The first-order valence-corrected chi connectivity index (χ1v) is 8.32. The zero-order chi connectivity index (χ0) is 14.8. The second-order valence-corrected chi connectivity index (χ2v) is 6.93. The summed E-state index contributed by atoms with van der Waals surface area (Å²) < 4.78 is 33.1. The molecular weight excluding hydrogens is 276 g/mol. The van der Waals surface area contributed by atoms with E-state index in [9.17, 15) is 8.42 Å². The molecule has 0 radical (unpaired) electrons. The lowest BCUT2D eigenvalue weighted by Crippen LogP contribution is -2.39. The molecule has 0 aliphatic carbocycles. The maximum Gasteiger partial charge on any atom is 0.241 e. The van der Waals surface area contributed by atoms with E-state index >= 15 is 0 Å². The van der Waals surface area contributed by atoms with Gasteiger partial charge in [-0.1, -0.05) is 6.07 Å². The zero-order valence-electron chi connectivity index (χ0n) is 12.0. The molecule has 20 heavy (non-hydrogen) atoms. The number of hydrogen-bond acceptors (Lipinski definition) is 4. The Bertz CT molecular complexity index is 578. The number of aryl methyl sites for hydroxylation is 1. The molecule has 0 amide bonds. The van der Waals surface area contributed by atoms with Crippen LogP contribution in [0.1, 0.15) is 29.5 Å². The standard InChI is InChI=1S/C14H22N2O3S/c1-10-7-12(9-15)8-14(11(10)2)20(17,18)16-13-3-5-19-6-4-13/h7-8,13,16H,3-6,9,15H2,1-2H3. The Morgan fingerprint density at radius 2 is 1.95 bits per heavy atom. The summed E-state index contributed by atoms with van der Waals surface area (Å²) in [6.07, 6.45) is 1.43. The van der Waals surface area contributed by atoms with Crippen LogP contribution in [0.4, 0.5) is 0 Å². The van der Waals surface area contributed by atoms with E-state index in [1.165, 1.54) is 0 Å². The topological polar surface area (TPSA) is 81.4 Å². The molecule has 1 aromatic carbocycles. The van der Waals surface area contributed by atoms with Gasteiger partial charge in [0, 0.05) is 25.8 Å². The fourth-order valence-electron chi connectivity index (χ4n) is 2.39. The van der Waals surface area contributed by atoms with Crippen molar-refractivity contribution >= 4 is 10.0 Å². The molecule has 112 valence electrons. The first-order chi connectivity index (χ1) is 9.44. The highest BCUT2D eigenvalue weighted by Crippen LogP contribution is 2.22. The third-order valence-electron chi connectivity index (χ3n) is 3.75. The summed E-state index contributed by atoms with van der Waals surface area (Å²) in [5.41, 5.74) is 8.19. The Balaban J connectivity index is 2.30. The van der Waals surface area contributed by atoms with Crippen molar-refractivity contribution in [3.8, 4) is 0 Å². The molecule has 0 unspecified atom stereocenters. The molecule has 2 rings (SSSR count). The maximum absolute atomic E-state index is 12.5. The number of hydrogen-bond donors (Lipinski definition) is 2. The molecule has 1 heterocycles. The Kier molecular flexibility index (Phi) is 4.80. The number of rotatable bonds is 4. The van der Waals surface area contributed by atoms with E-state index in [4.69, 9.17) is 10.5 Å². The fourth-order valence-corrected chi connectivity index (χ4v) is 4.07. The molecule has 5 nitrogen and oxygen atoms in total. The van der Waals surface area contributed by atoms with Crippen LogP contribution in [0.15, 0.2) is 17.0 Å². The van der Waals surface area contributed by atoms with E-state index in [2.05, 4.69) is 4.72 Å². The molecule has 1 fully saturated rings. The van der Waals surface area contributed by atoms with Crippen LogP contribution in [0.25, 0.3) is 0 Å². The van der Waals surface area contributed by atoms with Gasteiger partial charge in [0.25, 0.3) is 0 Å². The fraction of sp³-hybridized carbons (Fsp3) is 0.571. The lowest BCUT2D eigenvalue weighted by atomic mass is 10.1. The monoisotopic (exact) mass is 298 g/mol. The second kappa shape index (κ2) is 6.22. The Morgan fingerprint density at radius 3 is 2.55 bits per heavy atom. The molecule has 3 N–H and O–H groups in total. The van der Waals surface area contributed by atoms with Crippen molar-refractivity contribution < 1.29 is 13.2 Å². The van der Waals surface area contributed by atoms with Crippen LogP contribution in [-0.4, -0.2) is 27.7 Å². The van der Waals surface area contributed by atoms with Crippen molar-refractivity contribution in [2.75, 3.05) is 13.2 Å². The summed E-state index contributed by atoms with van der Waals surface area (Å²) in [6.45, 7) is 5.28. The van der Waals surface area contributed by atoms with Gasteiger partial charge >= 0.3 is 0 Å². The Hall–Kier alpha value is -0.950. The van der Waals surface area contributed by atoms with E-state index in [0.29, 0.717) is 37.5 Å². The van der Waals surface area contributed by atoms with Gasteiger partial charge in [-0.25, -0.2) is 13.1 Å². The highest BCUT2D eigenvalue weighted by molar-refractivity contribution is 7.89. The SMILES string of the molecule is Cc1cc(CN)cc(S(=O)(=O)NC2CCOCC2)c1C. The quantitative estimate of drug-likeness (QED) is 0.875. The van der Waals surface area contributed by atoms with Gasteiger partial charge in [0.2, 0.25) is 10.0 Å². The van der Waals surface area contributed by atoms with Crippen molar-refractivity contribution in [3.05, 3.63) is 28.8 Å². The summed E-state index contributed by atoms with van der Waals surface area (Å²) in [5.74, 6) is 0. The number of ether oxygens (including phenoxy) is 1. The molecule has 0 saturated carbocycles. The summed E-state index contributed by atoms with van der Waals surface area (Å²) in [5, 5.41) is 0. The highest BCUT2D eigenvalue weighted by Gasteiger charge is 2.24. The summed E-state index contributed by atoms with van der Waals surface area (Å²) in [4.78, 5) is 0.337. The lowest BCUT2D eigenvalue weighted by Gasteiger charge is -2.23. The maximum atomic E-state index is 12.5. The van der Waals surface area contributed by atoms with Gasteiger partial charge in [-0.3, -0.25) is 0 Å². The minimum absolute atomic E-state index is 0.0463. The van der Waals surface area contributed by atoms with Crippen LogP contribution in [0.2, 0.25) is 0 Å². The van der Waals surface area contributed by atoms with Gasteiger partial charge in [0.15, 0.2) is 0 Å². The third kappa shape index (κ3) is 3.38. The van der Waals surface area contributed by atoms with Gasteiger partial charge in [-0.05, 0) is 49.4 Å². The molecule has 1 aromatic rings. The Morgan fingerprint density at radius 1 is 1.30 bits per heavy atom. The number of nitrogens with two attached hydrogens (primary N) is 1. The van der Waals surface area contributed by atoms with Crippen LogP contribution in [-0.2, 0) is 21.3 Å². The molecular formula is C14H22N2O3S. The average molecular weight is 298 g/mol. The van der Waals surface area contributed by atoms with E-state index in [1.54, 1.807) is 6.07 Å². The van der Waals surface area contributed by atoms with Crippen LogP contribution >= 0.6 is 0 Å². The van der Waals surface area contributed by atoms with Crippen LogP contribution in [0.3, 0.4) is 0 Å². The minimum Gasteiger partial charge on any atom is -0.381 e. The van der Waals surface area contributed by atoms with E-state index < -0.39 is 10.0 Å².